The molecule has 0 aromatic heterocycles. The molecule has 0 spiro atoms. The van der Waals surface area contributed by atoms with Crippen molar-refractivity contribution >= 4 is 7.28 Å². The van der Waals surface area contributed by atoms with Crippen molar-refractivity contribution in [2.24, 2.45) is 11.7 Å². The lowest BCUT2D eigenvalue weighted by Crippen LogP contribution is -2.66. The van der Waals surface area contributed by atoms with E-state index >= 15 is 0 Å². The SMILES string of the molecule is CC1=C(CC2CN(CC3(N)CC(F)(F)C3)C2)CCC2=C1C[B]CC2. The van der Waals surface area contributed by atoms with E-state index in [1.54, 1.807) is 22.3 Å². The summed E-state index contributed by atoms with van der Waals surface area (Å²) in [6.07, 6.45) is 7.07. The van der Waals surface area contributed by atoms with Gasteiger partial charge in [0.1, 0.15) is 7.28 Å². The summed E-state index contributed by atoms with van der Waals surface area (Å²) in [5.41, 5.74) is 11.9. The number of hydrogen-bond donors (Lipinski definition) is 1. The van der Waals surface area contributed by atoms with Crippen molar-refractivity contribution < 1.29 is 8.78 Å². The summed E-state index contributed by atoms with van der Waals surface area (Å²) in [5.74, 6) is -1.83. The first-order valence-electron chi connectivity index (χ1n) is 9.44. The molecule has 2 aliphatic carbocycles. The lowest BCUT2D eigenvalue weighted by atomic mass is 9.59. The number of halogens is 2. The minimum absolute atomic E-state index is 0.140. The van der Waals surface area contributed by atoms with Crippen molar-refractivity contribution in [2.75, 3.05) is 19.6 Å². The van der Waals surface area contributed by atoms with Gasteiger partial charge in [0.2, 0.25) is 0 Å². The van der Waals surface area contributed by atoms with Crippen LogP contribution in [0.15, 0.2) is 22.3 Å². The molecule has 24 heavy (non-hydrogen) atoms. The maximum absolute atomic E-state index is 13.1. The Bertz CT molecular complexity index is 582. The predicted octanol–water partition coefficient (Wildman–Crippen LogP) is 3.79. The van der Waals surface area contributed by atoms with E-state index < -0.39 is 11.5 Å². The predicted molar refractivity (Wildman–Crippen MR) is 94.6 cm³/mol. The van der Waals surface area contributed by atoms with Gasteiger partial charge in [0.25, 0.3) is 5.92 Å². The quantitative estimate of drug-likeness (QED) is 0.793. The van der Waals surface area contributed by atoms with Gasteiger partial charge in [0, 0.05) is 38.0 Å². The number of allylic oxidation sites excluding steroid dienone is 4. The van der Waals surface area contributed by atoms with Crippen LogP contribution in [0.2, 0.25) is 12.6 Å². The molecule has 2 aliphatic heterocycles. The van der Waals surface area contributed by atoms with Gasteiger partial charge in [-0.2, -0.15) is 0 Å². The van der Waals surface area contributed by atoms with Crippen LogP contribution in [0.1, 0.15) is 45.4 Å². The van der Waals surface area contributed by atoms with Crippen molar-refractivity contribution in [3.8, 4) is 0 Å². The van der Waals surface area contributed by atoms with Crippen LogP contribution in [0.3, 0.4) is 0 Å². The summed E-state index contributed by atoms with van der Waals surface area (Å²) in [6.45, 7) is 5.00. The molecule has 5 heteroatoms. The molecule has 2 N–H and O–H groups in total. The maximum Gasteiger partial charge on any atom is 0.251 e. The lowest BCUT2D eigenvalue weighted by molar-refractivity contribution is -0.134. The highest BCUT2D eigenvalue weighted by molar-refractivity contribution is 6.37. The second-order valence-corrected chi connectivity index (χ2v) is 8.68. The smallest absolute Gasteiger partial charge is 0.251 e. The summed E-state index contributed by atoms with van der Waals surface area (Å²) >= 11 is 0. The van der Waals surface area contributed by atoms with Gasteiger partial charge in [-0.15, -0.1) is 0 Å². The standard InChI is InChI=1S/C19H28BF2N2/c1-13-16(3-2-15-4-5-20-7-17(13)15)6-14-8-24(9-14)12-18(23)10-19(21,22)11-18/h14H,2-12,23H2,1H3. The molecule has 0 aromatic rings. The van der Waals surface area contributed by atoms with Crippen molar-refractivity contribution in [1.29, 1.82) is 0 Å². The number of rotatable bonds is 4. The van der Waals surface area contributed by atoms with Crippen LogP contribution in [0.4, 0.5) is 8.78 Å². The summed E-state index contributed by atoms with van der Waals surface area (Å²) in [7, 11) is 2.42. The third-order valence-corrected chi connectivity index (χ3v) is 6.46. The average molecular weight is 333 g/mol. The Morgan fingerprint density at radius 1 is 1.21 bits per heavy atom. The molecule has 2 heterocycles. The number of nitrogens with zero attached hydrogens (tertiary/aromatic N) is 1. The van der Waals surface area contributed by atoms with E-state index in [4.69, 9.17) is 5.73 Å². The van der Waals surface area contributed by atoms with Gasteiger partial charge >= 0.3 is 0 Å². The van der Waals surface area contributed by atoms with Gasteiger partial charge in [0.05, 0.1) is 0 Å². The van der Waals surface area contributed by atoms with Crippen molar-refractivity contribution in [2.45, 2.75) is 69.6 Å². The maximum atomic E-state index is 13.1. The highest BCUT2D eigenvalue weighted by atomic mass is 19.3. The number of alkyl halides is 2. The fourth-order valence-electron chi connectivity index (χ4n) is 5.29. The van der Waals surface area contributed by atoms with Crippen LogP contribution in [0.25, 0.3) is 0 Å². The normalized spacial score (nSPS) is 29.7. The van der Waals surface area contributed by atoms with Gasteiger partial charge in [-0.05, 0) is 44.1 Å². The topological polar surface area (TPSA) is 29.3 Å². The first-order valence-corrected chi connectivity index (χ1v) is 9.44. The molecule has 0 unspecified atom stereocenters. The Labute approximate surface area is 144 Å². The Hall–Kier alpha value is -0.675. The number of likely N-dealkylation sites (tertiary alicyclic amines) is 1. The fraction of sp³-hybridized carbons (Fsp3) is 0.789. The van der Waals surface area contributed by atoms with Gasteiger partial charge in [-0.1, -0.05) is 29.4 Å². The Morgan fingerprint density at radius 3 is 2.67 bits per heavy atom. The molecule has 1 radical (unpaired) electrons. The monoisotopic (exact) mass is 333 g/mol. The molecule has 0 amide bonds. The van der Waals surface area contributed by atoms with E-state index in [9.17, 15) is 8.78 Å². The molecular formula is C19H28BF2N2. The molecule has 1 saturated heterocycles. The molecular weight excluding hydrogens is 305 g/mol. The third-order valence-electron chi connectivity index (χ3n) is 6.46. The van der Waals surface area contributed by atoms with E-state index in [1.165, 1.54) is 32.0 Å². The molecule has 0 bridgehead atoms. The molecule has 2 fully saturated rings. The van der Waals surface area contributed by atoms with Crippen LogP contribution in [-0.4, -0.2) is 43.3 Å². The van der Waals surface area contributed by atoms with E-state index in [0.717, 1.165) is 19.4 Å². The zero-order valence-corrected chi connectivity index (χ0v) is 14.7. The van der Waals surface area contributed by atoms with Gasteiger partial charge in [0.15, 0.2) is 0 Å². The van der Waals surface area contributed by atoms with Gasteiger partial charge in [-0.3, -0.25) is 0 Å². The zero-order valence-electron chi connectivity index (χ0n) is 14.7. The second kappa shape index (κ2) is 5.94. The summed E-state index contributed by atoms with van der Waals surface area (Å²) in [6, 6.07) is 0. The van der Waals surface area contributed by atoms with Gasteiger partial charge < -0.3 is 10.6 Å². The van der Waals surface area contributed by atoms with Crippen molar-refractivity contribution in [1.82, 2.24) is 4.90 Å². The van der Waals surface area contributed by atoms with Crippen LogP contribution < -0.4 is 5.73 Å². The first kappa shape index (κ1) is 16.8. The Kier molecular flexibility index (Phi) is 4.16. The minimum Gasteiger partial charge on any atom is -0.324 e. The summed E-state index contributed by atoms with van der Waals surface area (Å²) in [5, 5.41) is 0. The number of nitrogens with two attached hydrogens (primary N) is 1. The summed E-state index contributed by atoms with van der Waals surface area (Å²) in [4.78, 5) is 2.28. The average Bonchev–Trinajstić information content (AvgIpc) is 2.45. The highest BCUT2D eigenvalue weighted by Gasteiger charge is 2.55. The van der Waals surface area contributed by atoms with E-state index in [0.29, 0.717) is 12.5 Å². The number of hydrogen-bond acceptors (Lipinski definition) is 2. The lowest BCUT2D eigenvalue weighted by Gasteiger charge is -2.51. The Balaban J connectivity index is 1.29. The van der Waals surface area contributed by atoms with Gasteiger partial charge in [-0.25, -0.2) is 8.78 Å². The Morgan fingerprint density at radius 2 is 1.96 bits per heavy atom. The van der Waals surface area contributed by atoms with Crippen LogP contribution in [0.5, 0.6) is 0 Å². The van der Waals surface area contributed by atoms with E-state index in [-0.39, 0.29) is 12.8 Å². The largest absolute Gasteiger partial charge is 0.324 e. The molecule has 1 saturated carbocycles. The van der Waals surface area contributed by atoms with Crippen molar-refractivity contribution in [3.05, 3.63) is 22.3 Å². The van der Waals surface area contributed by atoms with E-state index in [1.807, 2.05) is 0 Å². The second-order valence-electron chi connectivity index (χ2n) is 8.68. The third kappa shape index (κ3) is 3.22. The van der Waals surface area contributed by atoms with E-state index in [2.05, 4.69) is 19.1 Å². The molecule has 4 rings (SSSR count). The fourth-order valence-corrected chi connectivity index (χ4v) is 5.29. The zero-order chi connectivity index (χ0) is 16.9. The minimum atomic E-state index is -2.52. The molecule has 4 aliphatic rings. The summed E-state index contributed by atoms with van der Waals surface area (Å²) < 4.78 is 26.1. The van der Waals surface area contributed by atoms with Crippen LogP contribution >= 0.6 is 0 Å². The van der Waals surface area contributed by atoms with Crippen molar-refractivity contribution in [3.63, 3.8) is 0 Å². The molecule has 0 aromatic carbocycles. The van der Waals surface area contributed by atoms with Crippen LogP contribution in [-0.2, 0) is 0 Å². The molecule has 131 valence electrons. The molecule has 0 atom stereocenters. The van der Waals surface area contributed by atoms with Crippen LogP contribution in [0, 0.1) is 5.92 Å². The highest BCUT2D eigenvalue weighted by Crippen LogP contribution is 2.45. The molecule has 2 nitrogen and oxygen atoms in total. The first-order chi connectivity index (χ1) is 11.3.